The fourth-order valence-corrected chi connectivity index (χ4v) is 0.581. The second-order valence-corrected chi connectivity index (χ2v) is 1.67. The van der Waals surface area contributed by atoms with Gasteiger partial charge in [0.05, 0.1) is 5.56 Å². The van der Waals surface area contributed by atoms with Crippen LogP contribution < -0.4 is 0 Å². The average molecular weight is 177 g/mol. The van der Waals surface area contributed by atoms with Crippen molar-refractivity contribution in [3.05, 3.63) is 35.9 Å². The lowest BCUT2D eigenvalue weighted by Gasteiger charge is -1.88. The number of hydrogen-bond acceptors (Lipinski definition) is 1. The summed E-state index contributed by atoms with van der Waals surface area (Å²) in [6.45, 7) is 0. The van der Waals surface area contributed by atoms with Gasteiger partial charge in [-0.15, -0.1) is 12.4 Å². The molecule has 3 N–H and O–H groups in total. The predicted octanol–water partition coefficient (Wildman–Crippen LogP) is 0.982. The lowest BCUT2D eigenvalue weighted by atomic mass is 10.2. The van der Waals surface area contributed by atoms with E-state index >= 15 is 0 Å². The molecule has 0 atom stereocenters. The Balaban J connectivity index is 0. The largest absolute Gasteiger partial charge is 0.478 e. The van der Waals surface area contributed by atoms with Gasteiger partial charge in [0.25, 0.3) is 0 Å². The summed E-state index contributed by atoms with van der Waals surface area (Å²) < 4.78 is 0. The monoisotopic (exact) mass is 176 g/mol. The molecule has 0 saturated carbocycles. The summed E-state index contributed by atoms with van der Waals surface area (Å²) >= 11 is 0. The van der Waals surface area contributed by atoms with Gasteiger partial charge in [-0.05, 0) is 12.1 Å². The molecule has 0 aromatic heterocycles. The van der Waals surface area contributed by atoms with E-state index in [1.165, 1.54) is 0 Å². The van der Waals surface area contributed by atoms with Gasteiger partial charge in [-0.2, -0.15) is 0 Å². The normalized spacial score (nSPS) is 7.27. The van der Waals surface area contributed by atoms with Gasteiger partial charge in [-0.3, -0.25) is 0 Å². The fourth-order valence-electron chi connectivity index (χ4n) is 0.581. The zero-order valence-electron chi connectivity index (χ0n) is 5.65. The number of carbonyl (C=O) groups is 1. The highest BCUT2D eigenvalue weighted by Crippen LogP contribution is 1.96. The van der Waals surface area contributed by atoms with Crippen molar-refractivity contribution in [1.82, 2.24) is 0 Å². The van der Waals surface area contributed by atoms with Gasteiger partial charge >= 0.3 is 5.97 Å². The van der Waals surface area contributed by atoms with Crippen LogP contribution in [0.3, 0.4) is 0 Å². The van der Waals surface area contributed by atoms with Crippen molar-refractivity contribution >= 4 is 18.4 Å². The molecule has 11 heavy (non-hydrogen) atoms. The molecular weight excluding hydrogens is 168 g/mol. The minimum Gasteiger partial charge on any atom is -0.478 e. The Labute approximate surface area is 70.4 Å². The van der Waals surface area contributed by atoms with E-state index in [-0.39, 0.29) is 17.9 Å². The van der Waals surface area contributed by atoms with Crippen LogP contribution >= 0.6 is 12.4 Å². The molecule has 0 aliphatic rings. The molecule has 0 bridgehead atoms. The van der Waals surface area contributed by atoms with Crippen LogP contribution in [0.5, 0.6) is 0 Å². The average Bonchev–Trinajstić information content (AvgIpc) is 1.90. The smallest absolute Gasteiger partial charge is 0.335 e. The first-order chi connectivity index (χ1) is 4.30. The van der Waals surface area contributed by atoms with E-state index in [4.69, 9.17) is 5.11 Å². The standard InChI is InChI=1S/C7H6O2.ClH.H2O/c8-7(9)6-4-2-1-3-5-6;;/h1-5H,(H,8,9);1H;1H2. The van der Waals surface area contributed by atoms with Gasteiger partial charge in [0.2, 0.25) is 0 Å². The number of benzene rings is 1. The maximum Gasteiger partial charge on any atom is 0.335 e. The Morgan fingerprint density at radius 2 is 1.64 bits per heavy atom. The van der Waals surface area contributed by atoms with E-state index in [1.54, 1.807) is 30.3 Å². The van der Waals surface area contributed by atoms with Gasteiger partial charge in [0.15, 0.2) is 0 Å². The van der Waals surface area contributed by atoms with Crippen LogP contribution in [0.2, 0.25) is 0 Å². The van der Waals surface area contributed by atoms with Crippen molar-refractivity contribution in [2.45, 2.75) is 0 Å². The lowest BCUT2D eigenvalue weighted by Crippen LogP contribution is -1.93. The second-order valence-electron chi connectivity index (χ2n) is 1.67. The van der Waals surface area contributed by atoms with Crippen LogP contribution in [0.15, 0.2) is 30.3 Å². The van der Waals surface area contributed by atoms with Crippen molar-refractivity contribution in [2.75, 3.05) is 0 Å². The molecule has 0 unspecified atom stereocenters. The minimum absolute atomic E-state index is 0. The molecule has 1 rings (SSSR count). The van der Waals surface area contributed by atoms with Gasteiger partial charge in [0, 0.05) is 0 Å². The van der Waals surface area contributed by atoms with Crippen molar-refractivity contribution in [1.29, 1.82) is 0 Å². The van der Waals surface area contributed by atoms with Crippen molar-refractivity contribution in [3.8, 4) is 0 Å². The van der Waals surface area contributed by atoms with Crippen molar-refractivity contribution < 1.29 is 15.4 Å². The van der Waals surface area contributed by atoms with Crippen LogP contribution in [-0.4, -0.2) is 16.6 Å². The quantitative estimate of drug-likeness (QED) is 0.693. The molecule has 0 radical (unpaired) electrons. The molecule has 0 spiro atoms. The van der Waals surface area contributed by atoms with Crippen molar-refractivity contribution in [3.63, 3.8) is 0 Å². The Hall–Kier alpha value is -1.06. The summed E-state index contributed by atoms with van der Waals surface area (Å²) in [5.74, 6) is -0.879. The molecule has 0 aliphatic heterocycles. The molecular formula is C7H9ClO3. The second kappa shape index (κ2) is 5.70. The first kappa shape index (κ1) is 12.6. The van der Waals surface area contributed by atoms with Gasteiger partial charge in [-0.25, -0.2) is 4.79 Å². The van der Waals surface area contributed by atoms with Gasteiger partial charge in [0.1, 0.15) is 0 Å². The molecule has 1 aromatic carbocycles. The third kappa shape index (κ3) is 3.60. The van der Waals surface area contributed by atoms with Crippen molar-refractivity contribution in [2.24, 2.45) is 0 Å². The van der Waals surface area contributed by atoms with E-state index in [2.05, 4.69) is 0 Å². The summed E-state index contributed by atoms with van der Waals surface area (Å²) in [6, 6.07) is 8.30. The van der Waals surface area contributed by atoms with Crippen LogP contribution in [0.25, 0.3) is 0 Å². The number of aromatic carboxylic acids is 1. The molecule has 0 fully saturated rings. The molecule has 0 aliphatic carbocycles. The van der Waals surface area contributed by atoms with E-state index in [9.17, 15) is 4.79 Å². The highest BCUT2D eigenvalue weighted by atomic mass is 35.5. The summed E-state index contributed by atoms with van der Waals surface area (Å²) in [5.41, 5.74) is 0.331. The number of hydrogen-bond donors (Lipinski definition) is 1. The topological polar surface area (TPSA) is 68.8 Å². The first-order valence-electron chi connectivity index (χ1n) is 2.59. The number of carboxylic acid groups (broad SMARTS) is 1. The number of rotatable bonds is 1. The summed E-state index contributed by atoms with van der Waals surface area (Å²) in [6.07, 6.45) is 0. The Morgan fingerprint density at radius 1 is 1.18 bits per heavy atom. The SMILES string of the molecule is Cl.O.O=C(O)c1ccccc1. The molecule has 0 amide bonds. The predicted molar refractivity (Wildman–Crippen MR) is 44.3 cm³/mol. The van der Waals surface area contributed by atoms with Gasteiger partial charge in [-0.1, -0.05) is 18.2 Å². The highest BCUT2D eigenvalue weighted by molar-refractivity contribution is 5.87. The Morgan fingerprint density at radius 3 is 1.91 bits per heavy atom. The molecule has 3 nitrogen and oxygen atoms in total. The lowest BCUT2D eigenvalue weighted by molar-refractivity contribution is 0.0697. The van der Waals surface area contributed by atoms with Gasteiger partial charge < -0.3 is 10.6 Å². The molecule has 4 heteroatoms. The maximum atomic E-state index is 10.2. The van der Waals surface area contributed by atoms with E-state index < -0.39 is 5.97 Å². The van der Waals surface area contributed by atoms with Crippen LogP contribution in [0.1, 0.15) is 10.4 Å². The molecule has 1 aromatic rings. The van der Waals surface area contributed by atoms with E-state index in [1.807, 2.05) is 0 Å². The summed E-state index contributed by atoms with van der Waals surface area (Å²) in [5, 5.41) is 8.38. The third-order valence-electron chi connectivity index (χ3n) is 1.02. The Kier molecular flexibility index (Phi) is 6.53. The Bertz CT molecular complexity index is 210. The van der Waals surface area contributed by atoms with E-state index in [0.717, 1.165) is 0 Å². The zero-order chi connectivity index (χ0) is 6.69. The fraction of sp³-hybridized carbons (Fsp3) is 0. The summed E-state index contributed by atoms with van der Waals surface area (Å²) in [4.78, 5) is 10.2. The maximum absolute atomic E-state index is 10.2. The first-order valence-corrected chi connectivity index (χ1v) is 2.59. The zero-order valence-corrected chi connectivity index (χ0v) is 6.47. The molecule has 0 heterocycles. The van der Waals surface area contributed by atoms with Crippen LogP contribution in [-0.2, 0) is 0 Å². The van der Waals surface area contributed by atoms with E-state index in [0.29, 0.717) is 5.56 Å². The third-order valence-corrected chi connectivity index (χ3v) is 1.02. The van der Waals surface area contributed by atoms with Crippen LogP contribution in [0.4, 0.5) is 0 Å². The highest BCUT2D eigenvalue weighted by Gasteiger charge is 1.96. The molecule has 62 valence electrons. The number of carboxylic acids is 1. The van der Waals surface area contributed by atoms with Crippen LogP contribution in [0, 0.1) is 0 Å². The minimum atomic E-state index is -0.879. The number of halogens is 1. The molecule has 0 saturated heterocycles. The summed E-state index contributed by atoms with van der Waals surface area (Å²) in [7, 11) is 0.